The van der Waals surface area contributed by atoms with E-state index in [1.54, 1.807) is 13.0 Å². The Morgan fingerprint density at radius 3 is 2.36 bits per heavy atom. The summed E-state index contributed by atoms with van der Waals surface area (Å²) in [5.41, 5.74) is -0.125. The molecule has 0 saturated heterocycles. The normalized spacial score (nSPS) is 9.50. The van der Waals surface area contributed by atoms with E-state index in [2.05, 4.69) is 4.74 Å². The molecule has 0 aliphatic carbocycles. The molecule has 14 heavy (non-hydrogen) atoms. The molecule has 0 bridgehead atoms. The molecule has 4 nitrogen and oxygen atoms in total. The van der Waals surface area contributed by atoms with Crippen LogP contribution in [-0.4, -0.2) is 18.5 Å². The van der Waals surface area contributed by atoms with E-state index in [9.17, 15) is 14.7 Å². The zero-order valence-electron chi connectivity index (χ0n) is 7.65. The Labute approximate surface area is 81.1 Å². The number of carboxylic acids is 1. The van der Waals surface area contributed by atoms with E-state index in [4.69, 9.17) is 0 Å². The lowest BCUT2D eigenvalue weighted by molar-refractivity contribution is -0.255. The smallest absolute Gasteiger partial charge is 0.338 e. The van der Waals surface area contributed by atoms with Gasteiger partial charge in [0.2, 0.25) is 0 Å². The molecule has 1 aromatic rings. The number of ether oxygens (including phenoxy) is 1. The number of carbonyl (C=O) groups excluding carboxylic acids is 2. The van der Waals surface area contributed by atoms with Gasteiger partial charge in [0.15, 0.2) is 0 Å². The maximum Gasteiger partial charge on any atom is 0.338 e. The van der Waals surface area contributed by atoms with Gasteiger partial charge in [-0.2, -0.15) is 0 Å². The van der Waals surface area contributed by atoms with Crippen molar-refractivity contribution in [2.75, 3.05) is 6.61 Å². The Bertz CT molecular complexity index is 357. The van der Waals surface area contributed by atoms with Crippen molar-refractivity contribution in [1.82, 2.24) is 0 Å². The number of hydrogen-bond acceptors (Lipinski definition) is 4. The summed E-state index contributed by atoms with van der Waals surface area (Å²) in [4.78, 5) is 21.9. The first-order valence-corrected chi connectivity index (χ1v) is 4.14. The summed E-state index contributed by atoms with van der Waals surface area (Å²) < 4.78 is 4.69. The van der Waals surface area contributed by atoms with E-state index < -0.39 is 11.9 Å². The van der Waals surface area contributed by atoms with Crippen molar-refractivity contribution in [2.45, 2.75) is 6.92 Å². The second kappa shape index (κ2) is 4.41. The number of rotatable bonds is 3. The zero-order chi connectivity index (χ0) is 10.6. The Balaban J connectivity index is 3.07. The number of carboxylic acid groups (broad SMARTS) is 1. The third-order valence-electron chi connectivity index (χ3n) is 1.64. The summed E-state index contributed by atoms with van der Waals surface area (Å²) >= 11 is 0. The lowest BCUT2D eigenvalue weighted by atomic mass is 10.1. The molecule has 0 unspecified atom stereocenters. The quantitative estimate of drug-likeness (QED) is 0.644. The van der Waals surface area contributed by atoms with Gasteiger partial charge in [0.1, 0.15) is 0 Å². The molecule has 0 aliphatic heterocycles. The van der Waals surface area contributed by atoms with Gasteiger partial charge in [0.05, 0.1) is 18.1 Å². The highest BCUT2D eigenvalue weighted by Crippen LogP contribution is 2.09. The highest BCUT2D eigenvalue weighted by atomic mass is 16.5. The SMILES string of the molecule is CCOC(=O)c1ccccc1C(=O)[O-]. The summed E-state index contributed by atoms with van der Waals surface area (Å²) in [7, 11) is 0. The molecule has 1 aromatic carbocycles. The molecule has 74 valence electrons. The fourth-order valence-electron chi connectivity index (χ4n) is 1.05. The number of esters is 1. The first-order valence-electron chi connectivity index (χ1n) is 4.14. The number of carbonyl (C=O) groups is 2. The zero-order valence-corrected chi connectivity index (χ0v) is 7.65. The van der Waals surface area contributed by atoms with E-state index in [-0.39, 0.29) is 17.7 Å². The monoisotopic (exact) mass is 193 g/mol. The van der Waals surface area contributed by atoms with Crippen LogP contribution >= 0.6 is 0 Å². The van der Waals surface area contributed by atoms with Gasteiger partial charge in [-0.05, 0) is 13.0 Å². The van der Waals surface area contributed by atoms with E-state index >= 15 is 0 Å². The van der Waals surface area contributed by atoms with Gasteiger partial charge in [0.25, 0.3) is 0 Å². The Morgan fingerprint density at radius 2 is 1.86 bits per heavy atom. The molecule has 0 heterocycles. The molecule has 0 spiro atoms. The minimum Gasteiger partial charge on any atom is -0.545 e. The molecular formula is C10H9O4-. The van der Waals surface area contributed by atoms with E-state index in [1.165, 1.54) is 18.2 Å². The maximum absolute atomic E-state index is 11.3. The van der Waals surface area contributed by atoms with Crippen LogP contribution < -0.4 is 5.11 Å². The van der Waals surface area contributed by atoms with Gasteiger partial charge in [-0.15, -0.1) is 0 Å². The van der Waals surface area contributed by atoms with Gasteiger partial charge >= 0.3 is 5.97 Å². The standard InChI is InChI=1S/C10H10O4/c1-2-14-10(13)8-6-4-3-5-7(8)9(11)12/h3-6H,2H2,1H3,(H,11,12)/p-1. The van der Waals surface area contributed by atoms with Gasteiger partial charge in [0, 0.05) is 5.56 Å². The predicted octanol–water partition coefficient (Wildman–Crippen LogP) is 0.227. The first kappa shape index (κ1) is 10.2. The second-order valence-corrected chi connectivity index (χ2v) is 2.55. The van der Waals surface area contributed by atoms with Crippen LogP contribution in [0.5, 0.6) is 0 Å². The summed E-state index contributed by atoms with van der Waals surface area (Å²) in [6.07, 6.45) is 0. The highest BCUT2D eigenvalue weighted by Gasteiger charge is 2.11. The summed E-state index contributed by atoms with van der Waals surface area (Å²) in [6, 6.07) is 5.79. The Hall–Kier alpha value is -1.84. The Morgan fingerprint density at radius 1 is 1.29 bits per heavy atom. The van der Waals surface area contributed by atoms with Gasteiger partial charge < -0.3 is 14.6 Å². The molecule has 0 atom stereocenters. The predicted molar refractivity (Wildman–Crippen MR) is 46.7 cm³/mol. The number of hydrogen-bond donors (Lipinski definition) is 0. The molecule has 0 radical (unpaired) electrons. The van der Waals surface area contributed by atoms with Crippen LogP contribution in [0.1, 0.15) is 27.6 Å². The van der Waals surface area contributed by atoms with Gasteiger partial charge in [-0.25, -0.2) is 4.79 Å². The minimum atomic E-state index is -1.38. The molecule has 1 rings (SSSR count). The summed E-state index contributed by atoms with van der Waals surface area (Å²) in [5, 5.41) is 10.6. The van der Waals surface area contributed by atoms with E-state index in [0.29, 0.717) is 0 Å². The minimum absolute atomic E-state index is 0.0225. The Kier molecular flexibility index (Phi) is 3.23. The average molecular weight is 193 g/mol. The van der Waals surface area contributed by atoms with E-state index in [0.717, 1.165) is 0 Å². The van der Waals surface area contributed by atoms with Crippen molar-refractivity contribution in [3.8, 4) is 0 Å². The van der Waals surface area contributed by atoms with Crippen LogP contribution in [-0.2, 0) is 4.74 Å². The van der Waals surface area contributed by atoms with Gasteiger partial charge in [-0.3, -0.25) is 0 Å². The lowest BCUT2D eigenvalue weighted by Crippen LogP contribution is -2.25. The maximum atomic E-state index is 11.3. The molecule has 4 heteroatoms. The van der Waals surface area contributed by atoms with Crippen molar-refractivity contribution >= 4 is 11.9 Å². The van der Waals surface area contributed by atoms with Crippen LogP contribution in [0.2, 0.25) is 0 Å². The topological polar surface area (TPSA) is 66.4 Å². The van der Waals surface area contributed by atoms with Crippen molar-refractivity contribution in [2.24, 2.45) is 0 Å². The van der Waals surface area contributed by atoms with Crippen LogP contribution in [0.25, 0.3) is 0 Å². The van der Waals surface area contributed by atoms with Crippen molar-refractivity contribution in [1.29, 1.82) is 0 Å². The number of benzene rings is 1. The third-order valence-corrected chi connectivity index (χ3v) is 1.64. The van der Waals surface area contributed by atoms with E-state index in [1.807, 2.05) is 0 Å². The molecule has 0 aliphatic rings. The molecule has 0 N–H and O–H groups in total. The van der Waals surface area contributed by atoms with Crippen molar-refractivity contribution in [3.63, 3.8) is 0 Å². The van der Waals surface area contributed by atoms with Crippen molar-refractivity contribution in [3.05, 3.63) is 35.4 Å². The third kappa shape index (κ3) is 2.10. The fraction of sp³-hybridized carbons (Fsp3) is 0.200. The largest absolute Gasteiger partial charge is 0.545 e. The molecule has 0 amide bonds. The second-order valence-electron chi connectivity index (χ2n) is 2.55. The first-order chi connectivity index (χ1) is 6.66. The lowest BCUT2D eigenvalue weighted by Gasteiger charge is -2.08. The van der Waals surface area contributed by atoms with Crippen molar-refractivity contribution < 1.29 is 19.4 Å². The summed E-state index contributed by atoms with van der Waals surface area (Å²) in [5.74, 6) is -2.03. The molecule has 0 saturated carbocycles. The van der Waals surface area contributed by atoms with Crippen LogP contribution in [0.15, 0.2) is 24.3 Å². The highest BCUT2D eigenvalue weighted by molar-refractivity contribution is 6.01. The summed E-state index contributed by atoms with van der Waals surface area (Å²) in [6.45, 7) is 1.86. The number of aromatic carboxylic acids is 1. The average Bonchev–Trinajstić information content (AvgIpc) is 2.18. The molecular weight excluding hydrogens is 184 g/mol. The van der Waals surface area contributed by atoms with Gasteiger partial charge in [-0.1, -0.05) is 18.2 Å². The van der Waals surface area contributed by atoms with Crippen LogP contribution in [0.4, 0.5) is 0 Å². The fourth-order valence-corrected chi connectivity index (χ4v) is 1.05. The van der Waals surface area contributed by atoms with Crippen LogP contribution in [0.3, 0.4) is 0 Å². The molecule has 0 fully saturated rings. The molecule has 0 aromatic heterocycles. The van der Waals surface area contributed by atoms with Crippen LogP contribution in [0, 0.1) is 0 Å².